The first-order valence-corrected chi connectivity index (χ1v) is 4.96. The Morgan fingerprint density at radius 3 is 2.60 bits per heavy atom. The van der Waals surface area contributed by atoms with Gasteiger partial charge in [0.25, 0.3) is 0 Å². The number of hydrogen-bond acceptors (Lipinski definition) is 3. The van der Waals surface area contributed by atoms with Gasteiger partial charge in [0.05, 0.1) is 6.61 Å². The number of ether oxygens (including phenoxy) is 1. The van der Waals surface area contributed by atoms with Crippen LogP contribution in [0.4, 0.5) is 0 Å². The first-order valence-electron chi connectivity index (χ1n) is 4.58. The van der Waals surface area contributed by atoms with E-state index in [-0.39, 0.29) is 13.0 Å². The van der Waals surface area contributed by atoms with E-state index in [1.807, 2.05) is 0 Å². The van der Waals surface area contributed by atoms with Gasteiger partial charge in [-0.3, -0.25) is 4.79 Å². The van der Waals surface area contributed by atoms with Gasteiger partial charge in [-0.05, 0) is 18.6 Å². The molecule has 0 N–H and O–H groups in total. The van der Waals surface area contributed by atoms with Crippen molar-refractivity contribution in [1.82, 2.24) is 0 Å². The van der Waals surface area contributed by atoms with E-state index in [4.69, 9.17) is 11.6 Å². The Kier molecular flexibility index (Phi) is 4.31. The monoisotopic (exact) mass is 226 g/mol. The summed E-state index contributed by atoms with van der Waals surface area (Å²) in [5.41, 5.74) is 0.636. The summed E-state index contributed by atoms with van der Waals surface area (Å²) >= 11 is 5.85. The van der Waals surface area contributed by atoms with Crippen LogP contribution < -0.4 is 0 Å². The Morgan fingerprint density at radius 1 is 1.33 bits per heavy atom. The summed E-state index contributed by atoms with van der Waals surface area (Å²) in [5, 5.41) is 0.482. The number of rotatable bonds is 4. The third-order valence-electron chi connectivity index (χ3n) is 1.81. The minimum atomic E-state index is -0.808. The van der Waals surface area contributed by atoms with E-state index in [0.717, 1.165) is 0 Å². The molecule has 0 aliphatic carbocycles. The summed E-state index contributed by atoms with van der Waals surface area (Å²) in [6.07, 6.45) is -0.0154. The topological polar surface area (TPSA) is 43.4 Å². The summed E-state index contributed by atoms with van der Waals surface area (Å²) in [6.45, 7) is 1.85. The minimum absolute atomic E-state index is 0.0154. The van der Waals surface area contributed by atoms with Crippen LogP contribution in [-0.2, 0) is 20.7 Å². The number of carbonyl (C=O) groups is 2. The zero-order valence-electron chi connectivity index (χ0n) is 8.33. The lowest BCUT2D eigenvalue weighted by Crippen LogP contribution is -2.19. The molecule has 0 spiro atoms. The lowest BCUT2D eigenvalue weighted by Gasteiger charge is -2.02. The van der Waals surface area contributed by atoms with Crippen LogP contribution in [0.1, 0.15) is 12.5 Å². The van der Waals surface area contributed by atoms with Crippen molar-refractivity contribution in [2.75, 3.05) is 6.61 Å². The van der Waals surface area contributed by atoms with Crippen molar-refractivity contribution in [3.8, 4) is 0 Å². The number of Topliss-reactive ketones (excluding diaryl/α,β-unsaturated/α-hetero) is 1. The van der Waals surface area contributed by atoms with Gasteiger partial charge in [0.15, 0.2) is 0 Å². The van der Waals surface area contributed by atoms with Crippen molar-refractivity contribution in [2.45, 2.75) is 13.3 Å². The largest absolute Gasteiger partial charge is 0.460 e. The maximum absolute atomic E-state index is 11.3. The summed E-state index contributed by atoms with van der Waals surface area (Å²) in [7, 11) is 0. The maximum Gasteiger partial charge on any atom is 0.374 e. The first kappa shape index (κ1) is 11.7. The minimum Gasteiger partial charge on any atom is -0.460 e. The fourth-order valence-electron chi connectivity index (χ4n) is 1.10. The molecule has 4 heteroatoms. The molecule has 80 valence electrons. The highest BCUT2D eigenvalue weighted by Crippen LogP contribution is 2.15. The van der Waals surface area contributed by atoms with E-state index >= 15 is 0 Å². The third kappa shape index (κ3) is 3.36. The lowest BCUT2D eigenvalue weighted by atomic mass is 10.1. The van der Waals surface area contributed by atoms with Crippen LogP contribution in [0.2, 0.25) is 5.02 Å². The van der Waals surface area contributed by atoms with Gasteiger partial charge in [-0.25, -0.2) is 4.79 Å². The van der Waals surface area contributed by atoms with Gasteiger partial charge in [0, 0.05) is 11.4 Å². The molecule has 3 nitrogen and oxygen atoms in total. The number of hydrogen-bond donors (Lipinski definition) is 0. The SMILES string of the molecule is CCOC(=O)C(=O)Cc1ccccc1Cl. The zero-order valence-corrected chi connectivity index (χ0v) is 9.08. The molecular formula is C11H11ClO3. The van der Waals surface area contributed by atoms with Gasteiger partial charge in [0.1, 0.15) is 0 Å². The summed E-state index contributed by atoms with van der Waals surface area (Å²) < 4.78 is 4.58. The summed E-state index contributed by atoms with van der Waals surface area (Å²) in [5.74, 6) is -1.39. The highest BCUT2D eigenvalue weighted by Gasteiger charge is 2.16. The van der Waals surface area contributed by atoms with Gasteiger partial charge in [-0.15, -0.1) is 0 Å². The molecule has 0 heterocycles. The van der Waals surface area contributed by atoms with Crippen molar-refractivity contribution in [3.05, 3.63) is 34.9 Å². The third-order valence-corrected chi connectivity index (χ3v) is 2.18. The maximum atomic E-state index is 11.3. The van der Waals surface area contributed by atoms with Crippen LogP contribution in [0.25, 0.3) is 0 Å². The van der Waals surface area contributed by atoms with E-state index in [0.29, 0.717) is 10.6 Å². The Bertz CT molecular complexity index is 374. The van der Waals surface area contributed by atoms with E-state index < -0.39 is 11.8 Å². The average molecular weight is 227 g/mol. The molecule has 0 aromatic heterocycles. The van der Waals surface area contributed by atoms with E-state index in [9.17, 15) is 9.59 Å². The predicted molar refractivity (Wildman–Crippen MR) is 56.8 cm³/mol. The van der Waals surface area contributed by atoms with Crippen molar-refractivity contribution < 1.29 is 14.3 Å². The molecule has 0 aliphatic rings. The van der Waals surface area contributed by atoms with Crippen LogP contribution in [0.3, 0.4) is 0 Å². The number of halogens is 1. The van der Waals surface area contributed by atoms with Crippen LogP contribution in [0.5, 0.6) is 0 Å². The molecule has 0 unspecified atom stereocenters. The zero-order chi connectivity index (χ0) is 11.3. The fourth-order valence-corrected chi connectivity index (χ4v) is 1.30. The second-order valence-electron chi connectivity index (χ2n) is 2.91. The number of benzene rings is 1. The van der Waals surface area contributed by atoms with Gasteiger partial charge in [0.2, 0.25) is 5.78 Å². The number of carbonyl (C=O) groups excluding carboxylic acids is 2. The van der Waals surface area contributed by atoms with Crippen LogP contribution in [0, 0.1) is 0 Å². The highest BCUT2D eigenvalue weighted by atomic mass is 35.5. The molecule has 0 amide bonds. The average Bonchev–Trinajstić information content (AvgIpc) is 2.21. The molecule has 1 aromatic rings. The predicted octanol–water partition coefficient (Wildman–Crippen LogP) is 2.01. The first-order chi connectivity index (χ1) is 7.15. The fraction of sp³-hybridized carbons (Fsp3) is 0.273. The van der Waals surface area contributed by atoms with Crippen LogP contribution >= 0.6 is 11.6 Å². The smallest absolute Gasteiger partial charge is 0.374 e. The Hall–Kier alpha value is -1.35. The molecule has 0 fully saturated rings. The second-order valence-corrected chi connectivity index (χ2v) is 3.32. The van der Waals surface area contributed by atoms with Gasteiger partial charge in [-0.1, -0.05) is 29.8 Å². The Balaban J connectivity index is 2.67. The highest BCUT2D eigenvalue weighted by molar-refractivity contribution is 6.35. The number of esters is 1. The van der Waals surface area contributed by atoms with Gasteiger partial charge >= 0.3 is 5.97 Å². The Morgan fingerprint density at radius 2 is 2.00 bits per heavy atom. The van der Waals surface area contributed by atoms with Crippen molar-refractivity contribution in [1.29, 1.82) is 0 Å². The summed E-state index contributed by atoms with van der Waals surface area (Å²) in [4.78, 5) is 22.4. The second kappa shape index (κ2) is 5.51. The molecule has 0 saturated carbocycles. The summed E-state index contributed by atoms with van der Waals surface area (Å²) in [6, 6.07) is 6.91. The lowest BCUT2D eigenvalue weighted by molar-refractivity contribution is -0.153. The number of ketones is 1. The molecule has 15 heavy (non-hydrogen) atoms. The Labute approximate surface area is 93.0 Å². The molecular weight excluding hydrogens is 216 g/mol. The van der Waals surface area contributed by atoms with Gasteiger partial charge < -0.3 is 4.74 Å². The quantitative estimate of drug-likeness (QED) is 0.583. The van der Waals surface area contributed by atoms with Crippen molar-refractivity contribution in [3.63, 3.8) is 0 Å². The molecule has 0 aliphatic heterocycles. The van der Waals surface area contributed by atoms with Crippen LogP contribution in [0.15, 0.2) is 24.3 Å². The van der Waals surface area contributed by atoms with E-state index in [2.05, 4.69) is 4.74 Å². The molecule has 0 atom stereocenters. The standard InChI is InChI=1S/C11H11ClO3/c1-2-15-11(14)10(13)7-8-5-3-4-6-9(8)12/h3-6H,2,7H2,1H3. The molecule has 1 rings (SSSR count). The molecule has 0 radical (unpaired) electrons. The van der Waals surface area contributed by atoms with E-state index in [1.54, 1.807) is 31.2 Å². The van der Waals surface area contributed by atoms with Crippen molar-refractivity contribution >= 4 is 23.4 Å². The normalized spacial score (nSPS) is 9.73. The molecule has 0 saturated heterocycles. The van der Waals surface area contributed by atoms with Crippen LogP contribution in [-0.4, -0.2) is 18.4 Å². The van der Waals surface area contributed by atoms with Crippen molar-refractivity contribution in [2.24, 2.45) is 0 Å². The molecule has 1 aromatic carbocycles. The molecule has 0 bridgehead atoms. The van der Waals surface area contributed by atoms with Gasteiger partial charge in [-0.2, -0.15) is 0 Å². The van der Waals surface area contributed by atoms with E-state index in [1.165, 1.54) is 0 Å².